The average molecular weight is 411 g/mol. The van der Waals surface area contributed by atoms with Gasteiger partial charge in [0.25, 0.3) is 0 Å². The molecule has 0 atom stereocenters. The van der Waals surface area contributed by atoms with Crippen molar-refractivity contribution in [1.82, 2.24) is 0 Å². The Morgan fingerprint density at radius 1 is 1.47 bits per heavy atom. The third kappa shape index (κ3) is 4.67. The van der Waals surface area contributed by atoms with Gasteiger partial charge in [0.05, 0.1) is 5.60 Å². The van der Waals surface area contributed by atoms with Crippen LogP contribution in [0.1, 0.15) is 37.0 Å². The summed E-state index contributed by atoms with van der Waals surface area (Å²) in [5.74, 6) is 0.153. The number of hydrogen-bond donors (Lipinski definition) is 0. The van der Waals surface area contributed by atoms with Crippen LogP contribution in [0.15, 0.2) is 22.7 Å². The molecule has 0 spiro atoms. The second kappa shape index (κ2) is 6.29. The minimum absolute atomic E-state index is 0.153. The van der Waals surface area contributed by atoms with Crippen LogP contribution in [-0.2, 0) is 4.74 Å². The zero-order chi connectivity index (χ0) is 13.1. The Morgan fingerprint density at radius 3 is 2.71 bits per heavy atom. The van der Waals surface area contributed by atoms with Crippen molar-refractivity contribution < 1.29 is 9.53 Å². The van der Waals surface area contributed by atoms with Crippen LogP contribution in [0.3, 0.4) is 0 Å². The maximum Gasteiger partial charge on any atom is 0.164 e. The van der Waals surface area contributed by atoms with Crippen molar-refractivity contribution in [2.75, 3.05) is 7.11 Å². The van der Waals surface area contributed by atoms with Crippen LogP contribution in [0.2, 0.25) is 0 Å². The Labute approximate surface area is 124 Å². The van der Waals surface area contributed by atoms with E-state index in [2.05, 4.69) is 38.5 Å². The minimum atomic E-state index is -0.246. The first-order valence-electron chi connectivity index (χ1n) is 5.39. The Kier molecular flexibility index (Phi) is 5.60. The van der Waals surface area contributed by atoms with Crippen molar-refractivity contribution in [3.8, 4) is 0 Å². The van der Waals surface area contributed by atoms with E-state index >= 15 is 0 Å². The predicted molar refractivity (Wildman–Crippen MR) is 81.5 cm³/mol. The summed E-state index contributed by atoms with van der Waals surface area (Å²) in [6.07, 6.45) is 1.22. The van der Waals surface area contributed by atoms with E-state index in [1.165, 1.54) is 0 Å². The Hall–Kier alpha value is 0.0600. The third-order valence-corrected chi connectivity index (χ3v) is 4.10. The molecule has 0 aliphatic carbocycles. The summed E-state index contributed by atoms with van der Waals surface area (Å²) in [4.78, 5) is 12.1. The van der Waals surface area contributed by atoms with Gasteiger partial charge in [-0.05, 0) is 61.1 Å². The predicted octanol–water partition coefficient (Wildman–Crippen LogP) is 4.44. The number of halogens is 2. The summed E-state index contributed by atoms with van der Waals surface area (Å²) in [6.45, 7) is 3.98. The molecule has 0 fully saturated rings. The molecule has 1 aromatic rings. The quantitative estimate of drug-likeness (QED) is 0.529. The molecular weight excluding hydrogens is 395 g/mol. The molecule has 1 rings (SSSR count). The van der Waals surface area contributed by atoms with Crippen LogP contribution < -0.4 is 0 Å². The summed E-state index contributed by atoms with van der Waals surface area (Å²) in [6, 6.07) is 5.80. The molecule has 0 amide bonds. The molecule has 0 aliphatic rings. The first-order valence-corrected chi connectivity index (χ1v) is 7.26. The number of Topliss-reactive ketones (excluding diaryl/α,β-unsaturated/α-hetero) is 1. The van der Waals surface area contributed by atoms with Gasteiger partial charge in [-0.1, -0.05) is 15.9 Å². The Bertz CT molecular complexity index is 416. The Balaban J connectivity index is 2.74. The lowest BCUT2D eigenvalue weighted by Gasteiger charge is -2.22. The van der Waals surface area contributed by atoms with E-state index in [1.807, 2.05) is 32.0 Å². The van der Waals surface area contributed by atoms with E-state index in [0.717, 1.165) is 20.0 Å². The summed E-state index contributed by atoms with van der Waals surface area (Å²) in [5.41, 5.74) is 0.508. The minimum Gasteiger partial charge on any atom is -0.379 e. The lowest BCUT2D eigenvalue weighted by atomic mass is 9.98. The van der Waals surface area contributed by atoms with Gasteiger partial charge in [0.2, 0.25) is 0 Å². The molecular formula is C13H16BrIO2. The van der Waals surface area contributed by atoms with Gasteiger partial charge in [-0.15, -0.1) is 0 Å². The molecule has 0 heterocycles. The summed E-state index contributed by atoms with van der Waals surface area (Å²) in [5, 5.41) is 0. The highest BCUT2D eigenvalue weighted by atomic mass is 127. The van der Waals surface area contributed by atoms with E-state index < -0.39 is 0 Å². The number of benzene rings is 1. The van der Waals surface area contributed by atoms with Crippen molar-refractivity contribution in [2.24, 2.45) is 0 Å². The fraction of sp³-hybridized carbons (Fsp3) is 0.462. The van der Waals surface area contributed by atoms with Crippen LogP contribution in [0.5, 0.6) is 0 Å². The molecule has 0 unspecified atom stereocenters. The number of hydrogen-bond acceptors (Lipinski definition) is 2. The average Bonchev–Trinajstić information content (AvgIpc) is 2.29. The van der Waals surface area contributed by atoms with Crippen molar-refractivity contribution in [1.29, 1.82) is 0 Å². The fourth-order valence-corrected chi connectivity index (χ4v) is 2.32. The molecule has 0 aromatic heterocycles. The van der Waals surface area contributed by atoms with Gasteiger partial charge >= 0.3 is 0 Å². The van der Waals surface area contributed by atoms with Crippen molar-refractivity contribution in [3.05, 3.63) is 31.8 Å². The molecule has 0 radical (unpaired) electrons. The molecule has 4 heteroatoms. The van der Waals surface area contributed by atoms with Crippen LogP contribution in [0, 0.1) is 3.57 Å². The van der Waals surface area contributed by atoms with Gasteiger partial charge in [-0.3, -0.25) is 4.79 Å². The van der Waals surface area contributed by atoms with Gasteiger partial charge in [0.1, 0.15) is 0 Å². The zero-order valence-electron chi connectivity index (χ0n) is 10.2. The highest BCUT2D eigenvalue weighted by molar-refractivity contribution is 14.1. The van der Waals surface area contributed by atoms with Gasteiger partial charge in [-0.25, -0.2) is 0 Å². The van der Waals surface area contributed by atoms with E-state index in [-0.39, 0.29) is 11.4 Å². The number of ether oxygens (including phenoxy) is 1. The monoisotopic (exact) mass is 410 g/mol. The largest absolute Gasteiger partial charge is 0.379 e. The first kappa shape index (κ1) is 15.1. The van der Waals surface area contributed by atoms with Crippen LogP contribution in [0.25, 0.3) is 0 Å². The third-order valence-electron chi connectivity index (χ3n) is 2.74. The topological polar surface area (TPSA) is 26.3 Å². The number of rotatable bonds is 5. The molecule has 0 saturated heterocycles. The summed E-state index contributed by atoms with van der Waals surface area (Å²) < 4.78 is 7.24. The normalized spacial score (nSPS) is 11.6. The van der Waals surface area contributed by atoms with E-state index in [4.69, 9.17) is 4.74 Å². The van der Waals surface area contributed by atoms with E-state index in [9.17, 15) is 4.79 Å². The SMILES string of the molecule is COC(C)(C)CCC(=O)c1cc(I)ccc1Br. The van der Waals surface area contributed by atoms with Gasteiger partial charge in [0, 0.05) is 27.1 Å². The lowest BCUT2D eigenvalue weighted by Crippen LogP contribution is -2.23. The molecule has 0 bridgehead atoms. The Morgan fingerprint density at radius 2 is 2.12 bits per heavy atom. The van der Waals surface area contributed by atoms with Crippen LogP contribution >= 0.6 is 38.5 Å². The van der Waals surface area contributed by atoms with E-state index in [1.54, 1.807) is 7.11 Å². The molecule has 1 aromatic carbocycles. The fourth-order valence-electron chi connectivity index (χ4n) is 1.36. The van der Waals surface area contributed by atoms with Crippen molar-refractivity contribution in [2.45, 2.75) is 32.3 Å². The standard InChI is InChI=1S/C13H16BrIO2/c1-13(2,17-3)7-6-12(16)10-8-9(15)4-5-11(10)14/h4-5,8H,6-7H2,1-3H3. The number of methoxy groups -OCH3 is 1. The highest BCUT2D eigenvalue weighted by Gasteiger charge is 2.19. The van der Waals surface area contributed by atoms with Crippen molar-refractivity contribution in [3.63, 3.8) is 0 Å². The van der Waals surface area contributed by atoms with Gasteiger partial charge < -0.3 is 4.74 Å². The number of ketones is 1. The molecule has 17 heavy (non-hydrogen) atoms. The number of carbonyl (C=O) groups excluding carboxylic acids is 1. The van der Waals surface area contributed by atoms with Crippen molar-refractivity contribution >= 4 is 44.3 Å². The van der Waals surface area contributed by atoms with Gasteiger partial charge in [-0.2, -0.15) is 0 Å². The molecule has 2 nitrogen and oxygen atoms in total. The van der Waals surface area contributed by atoms with Gasteiger partial charge in [0.15, 0.2) is 5.78 Å². The van der Waals surface area contributed by atoms with E-state index in [0.29, 0.717) is 6.42 Å². The molecule has 0 saturated carbocycles. The zero-order valence-corrected chi connectivity index (χ0v) is 14.0. The van der Waals surface area contributed by atoms with Crippen LogP contribution in [0.4, 0.5) is 0 Å². The maximum atomic E-state index is 12.1. The highest BCUT2D eigenvalue weighted by Crippen LogP contribution is 2.23. The second-order valence-electron chi connectivity index (χ2n) is 4.51. The lowest BCUT2D eigenvalue weighted by molar-refractivity contribution is 0.0141. The number of carbonyl (C=O) groups is 1. The molecule has 94 valence electrons. The maximum absolute atomic E-state index is 12.1. The smallest absolute Gasteiger partial charge is 0.164 e. The first-order chi connectivity index (χ1) is 7.85. The summed E-state index contributed by atoms with van der Waals surface area (Å²) in [7, 11) is 1.67. The summed E-state index contributed by atoms with van der Waals surface area (Å²) >= 11 is 5.62. The molecule has 0 N–H and O–H groups in total. The van der Waals surface area contributed by atoms with Crippen LogP contribution in [-0.4, -0.2) is 18.5 Å². The molecule has 0 aliphatic heterocycles. The second-order valence-corrected chi connectivity index (χ2v) is 6.61.